The number of methoxy groups -OCH3 is 2. The SMILES string of the molecule is COc1ccc(CN(c2ccncn2)S(=O)(=O)c2ccc(N3CCC[C@@](CCc4cccc(C(F)(F)F)c4)(N(C)CC4CN(C)C4)C3)cc2F)c(OC)c1. The number of hydrogen-bond donors (Lipinski definition) is 0. The quantitative estimate of drug-likeness (QED) is 0.133. The van der Waals surface area contributed by atoms with Gasteiger partial charge in [-0.25, -0.2) is 27.1 Å². The van der Waals surface area contributed by atoms with Crippen molar-refractivity contribution < 1.29 is 35.5 Å². The second-order valence-corrected chi connectivity index (χ2v) is 16.1. The Bertz CT molecular complexity index is 2020. The molecule has 0 amide bonds. The highest BCUT2D eigenvalue weighted by atomic mass is 32.2. The number of hydrogen-bond acceptors (Lipinski definition) is 9. The van der Waals surface area contributed by atoms with Crippen molar-refractivity contribution in [1.82, 2.24) is 19.8 Å². The van der Waals surface area contributed by atoms with E-state index in [1.807, 2.05) is 0 Å². The number of benzene rings is 3. The van der Waals surface area contributed by atoms with Gasteiger partial charge in [-0.3, -0.25) is 4.90 Å². The number of ether oxygens (including phenoxy) is 2. The van der Waals surface area contributed by atoms with Crippen LogP contribution in [-0.4, -0.2) is 94.8 Å². The zero-order valence-electron chi connectivity index (χ0n) is 30.9. The van der Waals surface area contributed by atoms with Crippen LogP contribution in [0.15, 0.2) is 84.1 Å². The summed E-state index contributed by atoms with van der Waals surface area (Å²) >= 11 is 0. The summed E-state index contributed by atoms with van der Waals surface area (Å²) in [6.07, 6.45) is 0.825. The van der Waals surface area contributed by atoms with Gasteiger partial charge in [-0.1, -0.05) is 18.2 Å². The maximum atomic E-state index is 16.3. The van der Waals surface area contributed by atoms with E-state index >= 15 is 4.39 Å². The Hall–Kier alpha value is -4.47. The van der Waals surface area contributed by atoms with Crippen LogP contribution in [0.3, 0.4) is 0 Å². The average molecular weight is 771 g/mol. The van der Waals surface area contributed by atoms with E-state index < -0.39 is 38.0 Å². The van der Waals surface area contributed by atoms with E-state index in [4.69, 9.17) is 9.47 Å². The fourth-order valence-electron chi connectivity index (χ4n) is 7.72. The molecule has 0 saturated carbocycles. The first-order valence-corrected chi connectivity index (χ1v) is 19.3. The van der Waals surface area contributed by atoms with Crippen LogP contribution in [-0.2, 0) is 29.2 Å². The van der Waals surface area contributed by atoms with Crippen molar-refractivity contribution in [3.05, 3.63) is 102 Å². The van der Waals surface area contributed by atoms with Crippen LogP contribution in [0.2, 0.25) is 0 Å². The predicted octanol–water partition coefficient (Wildman–Crippen LogP) is 6.51. The molecule has 10 nitrogen and oxygen atoms in total. The summed E-state index contributed by atoms with van der Waals surface area (Å²) < 4.78 is 97.3. The van der Waals surface area contributed by atoms with Crippen LogP contribution in [0.1, 0.15) is 36.0 Å². The number of likely N-dealkylation sites (N-methyl/N-ethyl adjacent to an activating group) is 1. The van der Waals surface area contributed by atoms with Crippen molar-refractivity contribution in [2.75, 3.05) is 70.2 Å². The van der Waals surface area contributed by atoms with Crippen molar-refractivity contribution in [2.45, 2.75) is 48.8 Å². The third kappa shape index (κ3) is 8.58. The number of halogens is 4. The number of aromatic nitrogens is 2. The zero-order chi connectivity index (χ0) is 38.7. The predicted molar refractivity (Wildman–Crippen MR) is 199 cm³/mol. The van der Waals surface area contributed by atoms with E-state index in [-0.39, 0.29) is 12.4 Å². The molecular formula is C39H46F4N6O4S. The lowest BCUT2D eigenvalue weighted by molar-refractivity contribution is -0.137. The average Bonchev–Trinajstić information content (AvgIpc) is 3.15. The number of likely N-dealkylation sites (tertiary alicyclic amines) is 1. The van der Waals surface area contributed by atoms with Gasteiger partial charge in [0.05, 0.1) is 26.3 Å². The summed E-state index contributed by atoms with van der Waals surface area (Å²) in [5.74, 6) is 0.509. The van der Waals surface area contributed by atoms with E-state index in [0.29, 0.717) is 60.2 Å². The molecule has 2 aliphatic rings. The Morgan fingerprint density at radius 2 is 1.81 bits per heavy atom. The largest absolute Gasteiger partial charge is 0.497 e. The maximum Gasteiger partial charge on any atom is 0.416 e. The van der Waals surface area contributed by atoms with Gasteiger partial charge >= 0.3 is 6.18 Å². The molecule has 1 aromatic heterocycles. The van der Waals surface area contributed by atoms with Crippen molar-refractivity contribution in [3.63, 3.8) is 0 Å². The lowest BCUT2D eigenvalue weighted by atomic mass is 9.81. The Morgan fingerprint density at radius 3 is 2.48 bits per heavy atom. The molecule has 1 atom stereocenters. The van der Waals surface area contributed by atoms with Crippen LogP contribution < -0.4 is 18.7 Å². The number of alkyl halides is 3. The Balaban J connectivity index is 1.28. The molecular weight excluding hydrogens is 725 g/mol. The number of rotatable bonds is 14. The summed E-state index contributed by atoms with van der Waals surface area (Å²) in [4.78, 5) is 14.2. The minimum atomic E-state index is -4.50. The Morgan fingerprint density at radius 1 is 1.02 bits per heavy atom. The number of aryl methyl sites for hydroxylation is 1. The summed E-state index contributed by atoms with van der Waals surface area (Å²) in [5.41, 5.74) is 0.557. The third-order valence-electron chi connectivity index (χ3n) is 10.6. The van der Waals surface area contributed by atoms with E-state index in [0.717, 1.165) is 42.8 Å². The Kier molecular flexibility index (Phi) is 11.7. The highest BCUT2D eigenvalue weighted by Gasteiger charge is 2.41. The molecule has 0 radical (unpaired) electrons. The van der Waals surface area contributed by atoms with Crippen molar-refractivity contribution in [1.29, 1.82) is 0 Å². The van der Waals surface area contributed by atoms with Gasteiger partial charge in [0.25, 0.3) is 10.0 Å². The molecule has 0 unspecified atom stereocenters. The van der Waals surface area contributed by atoms with Crippen LogP contribution in [0, 0.1) is 11.7 Å². The number of sulfonamides is 1. The molecule has 2 saturated heterocycles. The lowest BCUT2D eigenvalue weighted by Crippen LogP contribution is -2.61. The van der Waals surface area contributed by atoms with Gasteiger partial charge in [0, 0.05) is 67.8 Å². The molecule has 0 spiro atoms. The number of piperidine rings is 1. The highest BCUT2D eigenvalue weighted by molar-refractivity contribution is 7.92. The van der Waals surface area contributed by atoms with E-state index in [1.54, 1.807) is 30.3 Å². The summed E-state index contributed by atoms with van der Waals surface area (Å²) in [6.45, 7) is 3.66. The molecule has 0 aliphatic carbocycles. The monoisotopic (exact) mass is 770 g/mol. The maximum absolute atomic E-state index is 16.3. The molecule has 3 heterocycles. The summed E-state index contributed by atoms with van der Waals surface area (Å²) in [5, 5.41) is 0. The molecule has 0 bridgehead atoms. The smallest absolute Gasteiger partial charge is 0.416 e. The molecule has 6 rings (SSSR count). The topological polar surface area (TPSA) is 91.3 Å². The molecule has 4 aromatic rings. The molecule has 2 fully saturated rings. The van der Waals surface area contributed by atoms with Gasteiger partial charge in [0.15, 0.2) is 0 Å². The highest BCUT2D eigenvalue weighted by Crippen LogP contribution is 2.38. The van der Waals surface area contributed by atoms with Gasteiger partial charge in [0.1, 0.15) is 34.4 Å². The zero-order valence-corrected chi connectivity index (χ0v) is 31.7. The second kappa shape index (κ2) is 16.1. The summed E-state index contributed by atoms with van der Waals surface area (Å²) in [7, 11) is 2.61. The standard InChI is InChI=1S/C39H46F4N6O4S/c1-46-22-29(23-46)24-47(2)38(16-13-28-7-5-8-31(19-28)39(41,42)43)15-6-18-48(26-38)32-10-12-36(34(40)20-32)54(50,51)49(37-14-17-44-27-45-37)25-30-9-11-33(52-3)21-35(30)53-4/h5,7-12,14,17,19-21,27,29H,6,13,15-16,18,22-26H2,1-4H3/t38-/m0/s1. The molecule has 54 heavy (non-hydrogen) atoms. The normalized spacial score (nSPS) is 18.4. The first-order chi connectivity index (χ1) is 25.7. The van der Waals surface area contributed by atoms with Gasteiger partial charge in [-0.2, -0.15) is 13.2 Å². The van der Waals surface area contributed by atoms with Gasteiger partial charge in [-0.05, 0) is 87.7 Å². The minimum absolute atomic E-state index is 0.0497. The van der Waals surface area contributed by atoms with E-state index in [9.17, 15) is 21.6 Å². The van der Waals surface area contributed by atoms with Gasteiger partial charge in [-0.15, -0.1) is 0 Å². The fourth-order valence-corrected chi connectivity index (χ4v) is 9.16. The van der Waals surface area contributed by atoms with E-state index in [2.05, 4.69) is 38.8 Å². The summed E-state index contributed by atoms with van der Waals surface area (Å²) in [6, 6.07) is 16.1. The van der Waals surface area contributed by atoms with Crippen molar-refractivity contribution in [3.8, 4) is 11.5 Å². The van der Waals surface area contributed by atoms with Gasteiger partial charge < -0.3 is 19.3 Å². The number of nitrogens with zero attached hydrogens (tertiary/aromatic N) is 6. The third-order valence-corrected chi connectivity index (χ3v) is 12.4. The van der Waals surface area contributed by atoms with E-state index in [1.165, 1.54) is 57.1 Å². The minimum Gasteiger partial charge on any atom is -0.497 e. The van der Waals surface area contributed by atoms with Crippen LogP contribution >= 0.6 is 0 Å². The van der Waals surface area contributed by atoms with Crippen molar-refractivity contribution >= 4 is 21.5 Å². The molecule has 2 aliphatic heterocycles. The molecule has 0 N–H and O–H groups in total. The van der Waals surface area contributed by atoms with Crippen molar-refractivity contribution in [2.24, 2.45) is 5.92 Å². The number of anilines is 2. The lowest BCUT2D eigenvalue weighted by Gasteiger charge is -2.51. The molecule has 3 aromatic carbocycles. The van der Waals surface area contributed by atoms with Gasteiger partial charge in [0.2, 0.25) is 0 Å². The fraction of sp³-hybridized carbons (Fsp3) is 0.436. The molecule has 15 heteroatoms. The first-order valence-electron chi connectivity index (χ1n) is 17.8. The first kappa shape index (κ1) is 39.2. The molecule has 290 valence electrons. The van der Waals surface area contributed by atoms with Crippen LogP contribution in [0.5, 0.6) is 11.5 Å². The Labute approximate surface area is 314 Å². The van der Waals surface area contributed by atoms with Crippen LogP contribution in [0.25, 0.3) is 0 Å². The second-order valence-electron chi connectivity index (χ2n) is 14.3. The van der Waals surface area contributed by atoms with Crippen LogP contribution in [0.4, 0.5) is 29.1 Å².